The molecule has 0 spiro atoms. The van der Waals surface area contributed by atoms with E-state index in [0.29, 0.717) is 43.4 Å². The lowest BCUT2D eigenvalue weighted by molar-refractivity contribution is -0.138. The van der Waals surface area contributed by atoms with Crippen molar-refractivity contribution in [3.8, 4) is 0 Å². The highest BCUT2D eigenvalue weighted by molar-refractivity contribution is 5.79. The van der Waals surface area contributed by atoms with Crippen LogP contribution in [0.15, 0.2) is 0 Å². The number of carbonyl (C=O) groups is 2. The summed E-state index contributed by atoms with van der Waals surface area (Å²) in [6, 6.07) is 1.40. The van der Waals surface area contributed by atoms with Crippen molar-refractivity contribution < 1.29 is 9.59 Å². The van der Waals surface area contributed by atoms with Gasteiger partial charge in [0.15, 0.2) is 0 Å². The van der Waals surface area contributed by atoms with Gasteiger partial charge in [0.2, 0.25) is 11.8 Å². The zero-order valence-electron chi connectivity index (χ0n) is 15.4. The monoisotopic (exact) mass is 322 g/mol. The molecule has 0 aromatic heterocycles. The molecule has 4 unspecified atom stereocenters. The van der Waals surface area contributed by atoms with Crippen molar-refractivity contribution in [1.29, 1.82) is 0 Å². The van der Waals surface area contributed by atoms with Gasteiger partial charge in [-0.15, -0.1) is 0 Å². The maximum atomic E-state index is 12.5. The highest BCUT2D eigenvalue weighted by Gasteiger charge is 2.30. The van der Waals surface area contributed by atoms with Crippen LogP contribution in [-0.4, -0.2) is 45.8 Å². The average molecular weight is 322 g/mol. The fraction of sp³-hybridized carbons (Fsp3) is 0.895. The Labute approximate surface area is 141 Å². The van der Waals surface area contributed by atoms with E-state index in [-0.39, 0.29) is 11.8 Å². The van der Waals surface area contributed by atoms with Gasteiger partial charge >= 0.3 is 0 Å². The molecule has 0 saturated carbocycles. The van der Waals surface area contributed by atoms with Gasteiger partial charge in [0.05, 0.1) is 0 Å². The summed E-state index contributed by atoms with van der Waals surface area (Å²) in [5, 5.41) is 0. The number of likely N-dealkylation sites (tertiary alicyclic amines) is 2. The summed E-state index contributed by atoms with van der Waals surface area (Å²) < 4.78 is 0. The van der Waals surface area contributed by atoms with Gasteiger partial charge < -0.3 is 9.80 Å². The maximum Gasteiger partial charge on any atom is 0.223 e. The molecule has 23 heavy (non-hydrogen) atoms. The summed E-state index contributed by atoms with van der Waals surface area (Å²) in [6.45, 7) is 8.59. The maximum absolute atomic E-state index is 12.5. The van der Waals surface area contributed by atoms with E-state index in [1.807, 2.05) is 0 Å². The first-order chi connectivity index (χ1) is 10.9. The summed E-state index contributed by atoms with van der Waals surface area (Å²) in [5.41, 5.74) is 0. The molecule has 4 atom stereocenters. The van der Waals surface area contributed by atoms with E-state index < -0.39 is 0 Å². The van der Waals surface area contributed by atoms with Gasteiger partial charge in [0.1, 0.15) is 0 Å². The number of nitrogens with zero attached hydrogens (tertiary/aromatic N) is 2. The highest BCUT2D eigenvalue weighted by Crippen LogP contribution is 2.25. The number of piperidine rings is 2. The van der Waals surface area contributed by atoms with Crippen LogP contribution >= 0.6 is 0 Å². The molecule has 4 heteroatoms. The SMILES string of the molecule is CC1CCCC(C)N1C(=O)CCCC(=O)N1C(C)CCCC1C. The second kappa shape index (κ2) is 8.16. The molecular formula is C19H34N2O2. The standard InChI is InChI=1S/C19H34N2O2/c1-14-8-5-9-15(2)20(14)18(22)12-7-13-19(23)21-16(3)10-6-11-17(21)4/h14-17H,5-13H2,1-4H3. The molecule has 2 aliphatic heterocycles. The largest absolute Gasteiger partial charge is 0.337 e. The minimum absolute atomic E-state index is 0.234. The summed E-state index contributed by atoms with van der Waals surface area (Å²) in [7, 11) is 0. The van der Waals surface area contributed by atoms with Crippen molar-refractivity contribution in [2.24, 2.45) is 0 Å². The minimum Gasteiger partial charge on any atom is -0.337 e. The summed E-state index contributed by atoms with van der Waals surface area (Å²) in [4.78, 5) is 29.1. The second-order valence-electron chi connectivity index (χ2n) is 7.71. The van der Waals surface area contributed by atoms with Gasteiger partial charge in [0, 0.05) is 37.0 Å². The van der Waals surface area contributed by atoms with Crippen LogP contribution in [0.5, 0.6) is 0 Å². The molecule has 0 radical (unpaired) electrons. The van der Waals surface area contributed by atoms with E-state index >= 15 is 0 Å². The fourth-order valence-electron chi connectivity index (χ4n) is 4.47. The third-order valence-corrected chi connectivity index (χ3v) is 5.74. The van der Waals surface area contributed by atoms with Crippen LogP contribution in [0.3, 0.4) is 0 Å². The number of hydrogen-bond acceptors (Lipinski definition) is 2. The molecule has 2 heterocycles. The van der Waals surface area contributed by atoms with Crippen LogP contribution in [-0.2, 0) is 9.59 Å². The Morgan fingerprint density at radius 1 is 0.696 bits per heavy atom. The van der Waals surface area contributed by atoms with Crippen LogP contribution in [0.25, 0.3) is 0 Å². The normalized spacial score (nSPS) is 32.0. The summed E-state index contributed by atoms with van der Waals surface area (Å²) >= 11 is 0. The van der Waals surface area contributed by atoms with E-state index in [1.165, 1.54) is 12.8 Å². The van der Waals surface area contributed by atoms with Crippen molar-refractivity contribution in [3.05, 3.63) is 0 Å². The van der Waals surface area contributed by atoms with Crippen LogP contribution in [0, 0.1) is 0 Å². The Morgan fingerprint density at radius 3 is 1.30 bits per heavy atom. The molecule has 0 aromatic carbocycles. The van der Waals surface area contributed by atoms with Crippen molar-refractivity contribution in [2.75, 3.05) is 0 Å². The quantitative estimate of drug-likeness (QED) is 0.791. The molecule has 2 rings (SSSR count). The van der Waals surface area contributed by atoms with Gasteiger partial charge in [-0.3, -0.25) is 9.59 Å². The molecule has 4 nitrogen and oxygen atoms in total. The average Bonchev–Trinajstić information content (AvgIpc) is 2.46. The minimum atomic E-state index is 0.234. The molecule has 2 aliphatic rings. The number of amides is 2. The molecule has 0 aliphatic carbocycles. The van der Waals surface area contributed by atoms with Gasteiger partial charge in [-0.2, -0.15) is 0 Å². The van der Waals surface area contributed by atoms with Crippen LogP contribution in [0.2, 0.25) is 0 Å². The first-order valence-electron chi connectivity index (χ1n) is 9.54. The molecule has 132 valence electrons. The Balaban J connectivity index is 1.79. The van der Waals surface area contributed by atoms with Crippen molar-refractivity contribution in [2.45, 2.75) is 110 Å². The fourth-order valence-corrected chi connectivity index (χ4v) is 4.47. The lowest BCUT2D eigenvalue weighted by Crippen LogP contribution is -2.48. The Kier molecular flexibility index (Phi) is 6.49. The number of rotatable bonds is 4. The van der Waals surface area contributed by atoms with E-state index in [0.717, 1.165) is 25.7 Å². The van der Waals surface area contributed by atoms with E-state index in [1.54, 1.807) is 0 Å². The molecule has 2 saturated heterocycles. The predicted octanol–water partition coefficient (Wildman–Crippen LogP) is 3.74. The Bertz CT molecular complexity index is 366. The third kappa shape index (κ3) is 4.48. The van der Waals surface area contributed by atoms with Crippen LogP contribution in [0.1, 0.15) is 85.5 Å². The van der Waals surface area contributed by atoms with Gasteiger partial charge in [-0.1, -0.05) is 0 Å². The first kappa shape index (κ1) is 18.3. The lowest BCUT2D eigenvalue weighted by Gasteiger charge is -2.40. The highest BCUT2D eigenvalue weighted by atomic mass is 16.2. The predicted molar refractivity (Wildman–Crippen MR) is 93.1 cm³/mol. The van der Waals surface area contributed by atoms with Crippen LogP contribution in [0.4, 0.5) is 0 Å². The summed E-state index contributed by atoms with van der Waals surface area (Å²) in [5.74, 6) is 0.467. The lowest BCUT2D eigenvalue weighted by atomic mass is 9.96. The topological polar surface area (TPSA) is 40.6 Å². The zero-order chi connectivity index (χ0) is 17.0. The van der Waals surface area contributed by atoms with Crippen LogP contribution < -0.4 is 0 Å². The van der Waals surface area contributed by atoms with Gasteiger partial charge in [0.25, 0.3) is 0 Å². The summed E-state index contributed by atoms with van der Waals surface area (Å²) in [6.07, 6.45) is 8.58. The van der Waals surface area contributed by atoms with Crippen molar-refractivity contribution in [1.82, 2.24) is 9.80 Å². The first-order valence-corrected chi connectivity index (χ1v) is 9.54. The number of carbonyl (C=O) groups excluding carboxylic acids is 2. The van der Waals surface area contributed by atoms with E-state index in [4.69, 9.17) is 0 Å². The van der Waals surface area contributed by atoms with E-state index in [2.05, 4.69) is 37.5 Å². The molecule has 0 N–H and O–H groups in total. The van der Waals surface area contributed by atoms with E-state index in [9.17, 15) is 9.59 Å². The Hall–Kier alpha value is -1.06. The molecule has 0 aromatic rings. The van der Waals surface area contributed by atoms with Crippen molar-refractivity contribution in [3.63, 3.8) is 0 Å². The molecule has 2 fully saturated rings. The molecule has 0 bridgehead atoms. The third-order valence-electron chi connectivity index (χ3n) is 5.74. The molecule has 2 amide bonds. The number of hydrogen-bond donors (Lipinski definition) is 0. The zero-order valence-corrected chi connectivity index (χ0v) is 15.4. The Morgan fingerprint density at radius 2 is 1.00 bits per heavy atom. The second-order valence-corrected chi connectivity index (χ2v) is 7.71. The van der Waals surface area contributed by atoms with Gasteiger partial charge in [-0.25, -0.2) is 0 Å². The molecular weight excluding hydrogens is 288 g/mol. The van der Waals surface area contributed by atoms with Gasteiger partial charge in [-0.05, 0) is 72.6 Å². The van der Waals surface area contributed by atoms with Crippen molar-refractivity contribution >= 4 is 11.8 Å². The smallest absolute Gasteiger partial charge is 0.223 e.